The summed E-state index contributed by atoms with van der Waals surface area (Å²) >= 11 is 12.2. The Balaban J connectivity index is 1.74. The normalized spacial score (nSPS) is 11.2. The van der Waals surface area contributed by atoms with Crippen molar-refractivity contribution in [2.75, 3.05) is 0 Å². The van der Waals surface area contributed by atoms with Crippen LogP contribution in [0.2, 0.25) is 10.0 Å². The zero-order valence-electron chi connectivity index (χ0n) is 16.5. The summed E-state index contributed by atoms with van der Waals surface area (Å²) in [5, 5.41) is 10.1. The maximum atomic E-state index is 13.6. The summed E-state index contributed by atoms with van der Waals surface area (Å²) in [7, 11) is 0. The Labute approximate surface area is 192 Å². The molecule has 5 nitrogen and oxygen atoms in total. The molecule has 0 aliphatic rings. The molecule has 0 atom stereocenters. The van der Waals surface area contributed by atoms with E-state index in [1.165, 1.54) is 21.3 Å². The SMILES string of the molecule is O=c1n(Cc2cccc(F)c2)nc2c(-c3ccc(Cl)cc3)c(-c3ccc(Cl)cc3)cnn12. The molecule has 0 saturated heterocycles. The van der Waals surface area contributed by atoms with Gasteiger partial charge in [-0.2, -0.15) is 9.61 Å². The Kier molecular flexibility index (Phi) is 5.25. The Morgan fingerprint density at radius 3 is 2.19 bits per heavy atom. The number of aromatic nitrogens is 4. The van der Waals surface area contributed by atoms with Crippen LogP contribution in [0, 0.1) is 5.82 Å². The van der Waals surface area contributed by atoms with Gasteiger partial charge in [-0.25, -0.2) is 13.9 Å². The van der Waals surface area contributed by atoms with E-state index >= 15 is 0 Å². The van der Waals surface area contributed by atoms with Crippen LogP contribution >= 0.6 is 23.2 Å². The minimum atomic E-state index is -0.415. The van der Waals surface area contributed by atoms with Crippen molar-refractivity contribution < 1.29 is 4.39 Å². The molecule has 5 rings (SSSR count). The minimum absolute atomic E-state index is 0.121. The summed E-state index contributed by atoms with van der Waals surface area (Å²) in [6, 6.07) is 20.7. The molecule has 32 heavy (non-hydrogen) atoms. The van der Waals surface area contributed by atoms with Crippen LogP contribution in [0.25, 0.3) is 27.9 Å². The van der Waals surface area contributed by atoms with Crippen LogP contribution in [0.4, 0.5) is 4.39 Å². The topological polar surface area (TPSA) is 52.2 Å². The Bertz CT molecular complexity index is 1490. The largest absolute Gasteiger partial charge is 0.367 e. The smallest absolute Gasteiger partial charge is 0.244 e. The Morgan fingerprint density at radius 1 is 0.875 bits per heavy atom. The van der Waals surface area contributed by atoms with Crippen LogP contribution < -0.4 is 5.69 Å². The summed E-state index contributed by atoms with van der Waals surface area (Å²) in [6.45, 7) is 0.121. The molecule has 3 aromatic carbocycles. The molecule has 2 heterocycles. The fraction of sp³-hybridized carbons (Fsp3) is 0.0417. The highest BCUT2D eigenvalue weighted by molar-refractivity contribution is 6.31. The van der Waals surface area contributed by atoms with Crippen molar-refractivity contribution >= 4 is 28.8 Å². The highest BCUT2D eigenvalue weighted by Crippen LogP contribution is 2.35. The van der Waals surface area contributed by atoms with Crippen molar-refractivity contribution in [2.24, 2.45) is 0 Å². The van der Waals surface area contributed by atoms with Crippen molar-refractivity contribution in [1.29, 1.82) is 0 Å². The highest BCUT2D eigenvalue weighted by atomic mass is 35.5. The first-order valence-corrected chi connectivity index (χ1v) is 10.5. The van der Waals surface area contributed by atoms with E-state index in [2.05, 4.69) is 10.2 Å². The van der Waals surface area contributed by atoms with Gasteiger partial charge < -0.3 is 0 Å². The maximum Gasteiger partial charge on any atom is 0.367 e. The van der Waals surface area contributed by atoms with Gasteiger partial charge in [0.2, 0.25) is 0 Å². The number of benzene rings is 3. The van der Waals surface area contributed by atoms with E-state index in [0.717, 1.165) is 22.3 Å². The molecule has 5 aromatic rings. The second kappa shape index (κ2) is 8.22. The van der Waals surface area contributed by atoms with E-state index in [4.69, 9.17) is 23.2 Å². The molecule has 0 saturated carbocycles. The highest BCUT2D eigenvalue weighted by Gasteiger charge is 2.19. The second-order valence-electron chi connectivity index (χ2n) is 7.25. The van der Waals surface area contributed by atoms with E-state index in [9.17, 15) is 9.18 Å². The Morgan fingerprint density at radius 2 is 1.53 bits per heavy atom. The van der Waals surface area contributed by atoms with Crippen LogP contribution in [-0.2, 0) is 6.54 Å². The summed E-state index contributed by atoms with van der Waals surface area (Å²) in [5.41, 5.74) is 3.83. The third-order valence-electron chi connectivity index (χ3n) is 5.12. The van der Waals surface area contributed by atoms with Gasteiger partial charge in [-0.3, -0.25) is 0 Å². The molecule has 0 amide bonds. The lowest BCUT2D eigenvalue weighted by atomic mass is 9.97. The van der Waals surface area contributed by atoms with Crippen LogP contribution in [0.1, 0.15) is 5.56 Å². The molecular weight excluding hydrogens is 450 g/mol. The van der Waals surface area contributed by atoms with E-state index in [1.54, 1.807) is 42.6 Å². The molecule has 0 spiro atoms. The molecule has 0 radical (unpaired) electrons. The molecular formula is C24H15Cl2FN4O. The fourth-order valence-corrected chi connectivity index (χ4v) is 3.87. The number of hydrogen-bond acceptors (Lipinski definition) is 3. The summed E-state index contributed by atoms with van der Waals surface area (Å²) in [4.78, 5) is 13.0. The van der Waals surface area contributed by atoms with Crippen LogP contribution in [0.5, 0.6) is 0 Å². The number of nitrogens with zero attached hydrogens (tertiary/aromatic N) is 4. The van der Waals surface area contributed by atoms with Gasteiger partial charge >= 0.3 is 5.69 Å². The summed E-state index contributed by atoms with van der Waals surface area (Å²) in [6.07, 6.45) is 1.63. The standard InChI is InChI=1S/C24H15Cl2FN4O/c25-18-8-4-16(5-9-18)21-13-28-31-23(22(21)17-6-10-19(26)11-7-17)29-30(24(31)32)14-15-2-1-3-20(27)12-15/h1-13H,14H2. The van der Waals surface area contributed by atoms with Gasteiger partial charge in [-0.1, -0.05) is 59.6 Å². The molecule has 158 valence electrons. The van der Waals surface area contributed by atoms with Crippen LogP contribution in [-0.4, -0.2) is 19.4 Å². The van der Waals surface area contributed by atoms with Crippen LogP contribution in [0.3, 0.4) is 0 Å². The molecule has 0 fully saturated rings. The second-order valence-corrected chi connectivity index (χ2v) is 8.13. The molecule has 0 N–H and O–H groups in total. The first-order chi connectivity index (χ1) is 15.5. The van der Waals surface area contributed by atoms with Crippen molar-refractivity contribution in [1.82, 2.24) is 19.4 Å². The van der Waals surface area contributed by atoms with Crippen molar-refractivity contribution in [3.05, 3.63) is 111 Å². The van der Waals surface area contributed by atoms with E-state index in [0.29, 0.717) is 21.3 Å². The third-order valence-corrected chi connectivity index (χ3v) is 5.63. The van der Waals surface area contributed by atoms with E-state index in [1.807, 2.05) is 24.3 Å². The Hall–Kier alpha value is -3.48. The molecule has 0 aliphatic heterocycles. The average molecular weight is 465 g/mol. The molecule has 2 aromatic heterocycles. The van der Waals surface area contributed by atoms with Crippen LogP contribution in [0.15, 0.2) is 83.8 Å². The molecule has 0 unspecified atom stereocenters. The van der Waals surface area contributed by atoms with Gasteiger partial charge in [-0.05, 0) is 53.1 Å². The predicted molar refractivity (Wildman–Crippen MR) is 124 cm³/mol. The van der Waals surface area contributed by atoms with Crippen molar-refractivity contribution in [3.63, 3.8) is 0 Å². The zero-order valence-corrected chi connectivity index (χ0v) is 18.1. The summed E-state index contributed by atoms with van der Waals surface area (Å²) in [5.74, 6) is -0.371. The van der Waals surface area contributed by atoms with E-state index < -0.39 is 5.69 Å². The lowest BCUT2D eigenvalue weighted by molar-refractivity contribution is 0.614. The number of rotatable bonds is 4. The quantitative estimate of drug-likeness (QED) is 0.341. The first kappa shape index (κ1) is 20.4. The van der Waals surface area contributed by atoms with Gasteiger partial charge in [0.25, 0.3) is 0 Å². The minimum Gasteiger partial charge on any atom is -0.244 e. The zero-order chi connectivity index (χ0) is 22.2. The lowest BCUT2D eigenvalue weighted by Crippen LogP contribution is -2.23. The van der Waals surface area contributed by atoms with Gasteiger partial charge in [0.1, 0.15) is 5.82 Å². The van der Waals surface area contributed by atoms with Gasteiger partial charge in [0.05, 0.1) is 12.7 Å². The number of hydrogen-bond donors (Lipinski definition) is 0. The first-order valence-electron chi connectivity index (χ1n) is 9.75. The molecule has 8 heteroatoms. The van der Waals surface area contributed by atoms with Gasteiger partial charge in [0.15, 0.2) is 5.65 Å². The van der Waals surface area contributed by atoms with Gasteiger partial charge in [0, 0.05) is 21.2 Å². The fourth-order valence-electron chi connectivity index (χ4n) is 3.62. The summed E-state index contributed by atoms with van der Waals surface area (Å²) < 4.78 is 16.1. The van der Waals surface area contributed by atoms with Gasteiger partial charge in [-0.15, -0.1) is 5.10 Å². The van der Waals surface area contributed by atoms with Crippen molar-refractivity contribution in [3.8, 4) is 22.3 Å². The number of fused-ring (bicyclic) bond motifs is 1. The maximum absolute atomic E-state index is 13.6. The molecule has 0 aliphatic carbocycles. The third kappa shape index (κ3) is 3.79. The number of halogens is 3. The van der Waals surface area contributed by atoms with E-state index in [-0.39, 0.29) is 12.4 Å². The van der Waals surface area contributed by atoms with Crippen molar-refractivity contribution in [2.45, 2.75) is 6.54 Å². The average Bonchev–Trinajstić information content (AvgIpc) is 3.10. The lowest BCUT2D eigenvalue weighted by Gasteiger charge is -2.11. The monoisotopic (exact) mass is 464 g/mol. The molecule has 0 bridgehead atoms. The predicted octanol–water partition coefficient (Wildman–Crippen LogP) is 5.72.